The predicted octanol–water partition coefficient (Wildman–Crippen LogP) is 0.144. The molecule has 0 spiro atoms. The van der Waals surface area contributed by atoms with Crippen molar-refractivity contribution in [2.75, 3.05) is 13.6 Å². The van der Waals surface area contributed by atoms with Gasteiger partial charge in [0.25, 0.3) is 0 Å². The highest BCUT2D eigenvalue weighted by Crippen LogP contribution is 2.22. The van der Waals surface area contributed by atoms with Crippen LogP contribution in [-0.2, 0) is 14.8 Å². The number of sulfonamides is 1. The Kier molecular flexibility index (Phi) is 4.51. The summed E-state index contributed by atoms with van der Waals surface area (Å²) in [5.74, 6) is -2.17. The quantitative estimate of drug-likeness (QED) is 0.802. The van der Waals surface area contributed by atoms with Crippen LogP contribution in [0.15, 0.2) is 23.1 Å². The lowest BCUT2D eigenvalue weighted by molar-refractivity contribution is -0.118. The van der Waals surface area contributed by atoms with Crippen molar-refractivity contribution in [1.82, 2.24) is 4.31 Å². The first-order valence-corrected chi connectivity index (χ1v) is 6.75. The average molecular weight is 307 g/mol. The Hall–Kier alpha value is -1.64. The molecule has 0 aliphatic carbocycles. The second kappa shape index (κ2) is 5.55. The number of primary amides is 1. The van der Waals surface area contributed by atoms with Crippen molar-refractivity contribution in [1.29, 1.82) is 0 Å². The number of nitrogens with two attached hydrogens (primary N) is 1. The number of nitrogens with zero attached hydrogens (tertiary/aromatic N) is 1. The Morgan fingerprint density at radius 3 is 2.47 bits per heavy atom. The molecular formula is C10H11ClN2O5S. The zero-order chi connectivity index (χ0) is 14.8. The molecule has 19 heavy (non-hydrogen) atoms. The number of carboxylic acids is 1. The zero-order valence-electron chi connectivity index (χ0n) is 9.83. The molecule has 3 N–H and O–H groups in total. The Balaban J connectivity index is 3.26. The third-order valence-electron chi connectivity index (χ3n) is 2.25. The first-order chi connectivity index (χ1) is 8.66. The number of likely N-dealkylation sites (N-methyl/N-ethyl adjacent to an activating group) is 1. The minimum Gasteiger partial charge on any atom is -0.478 e. The number of carboxylic acid groups (broad SMARTS) is 1. The summed E-state index contributed by atoms with van der Waals surface area (Å²) in [6.45, 7) is -0.507. The third kappa shape index (κ3) is 3.43. The standard InChI is InChI=1S/C10H11ClN2O5S/c1-13(5-9(12)14)19(17,18)6-2-3-8(11)7(4-6)10(15)16/h2-4H,5H2,1H3,(H2,12,14)(H,15,16). The summed E-state index contributed by atoms with van der Waals surface area (Å²) in [5, 5.41) is 8.79. The molecule has 0 aliphatic rings. The number of benzene rings is 1. The van der Waals surface area contributed by atoms with E-state index < -0.39 is 28.4 Å². The van der Waals surface area contributed by atoms with Crippen LogP contribution in [0, 0.1) is 0 Å². The molecule has 7 nitrogen and oxygen atoms in total. The predicted molar refractivity (Wildman–Crippen MR) is 67.4 cm³/mol. The van der Waals surface area contributed by atoms with Crippen LogP contribution in [0.1, 0.15) is 10.4 Å². The lowest BCUT2D eigenvalue weighted by Gasteiger charge is -2.15. The summed E-state index contributed by atoms with van der Waals surface area (Å²) in [7, 11) is -2.83. The Bertz CT molecular complexity index is 629. The number of aromatic carboxylic acids is 1. The number of carbonyl (C=O) groups excluding carboxylic acids is 1. The molecule has 1 rings (SSSR count). The van der Waals surface area contributed by atoms with Gasteiger partial charge in [0.15, 0.2) is 0 Å². The summed E-state index contributed by atoms with van der Waals surface area (Å²) in [5.41, 5.74) is 4.57. The van der Waals surface area contributed by atoms with Gasteiger partial charge in [-0.25, -0.2) is 13.2 Å². The smallest absolute Gasteiger partial charge is 0.337 e. The SMILES string of the molecule is CN(CC(N)=O)S(=O)(=O)c1ccc(Cl)c(C(=O)O)c1. The van der Waals surface area contributed by atoms with E-state index in [0.29, 0.717) is 0 Å². The van der Waals surface area contributed by atoms with Gasteiger partial charge in [-0.15, -0.1) is 0 Å². The van der Waals surface area contributed by atoms with Crippen LogP contribution < -0.4 is 5.73 Å². The van der Waals surface area contributed by atoms with Crippen molar-refractivity contribution < 1.29 is 23.1 Å². The van der Waals surface area contributed by atoms with E-state index >= 15 is 0 Å². The van der Waals surface area contributed by atoms with Gasteiger partial charge in [0.2, 0.25) is 15.9 Å². The molecule has 0 bridgehead atoms. The number of hydrogen-bond acceptors (Lipinski definition) is 4. The number of amides is 1. The molecule has 9 heteroatoms. The van der Waals surface area contributed by atoms with E-state index in [-0.39, 0.29) is 15.5 Å². The summed E-state index contributed by atoms with van der Waals surface area (Å²) in [6, 6.07) is 3.25. The molecular weight excluding hydrogens is 296 g/mol. The average Bonchev–Trinajstić information content (AvgIpc) is 2.27. The minimum atomic E-state index is -4.00. The van der Waals surface area contributed by atoms with Crippen LogP contribution >= 0.6 is 11.6 Å². The van der Waals surface area contributed by atoms with Gasteiger partial charge in [-0.2, -0.15) is 4.31 Å². The largest absolute Gasteiger partial charge is 0.478 e. The monoisotopic (exact) mass is 306 g/mol. The minimum absolute atomic E-state index is 0.0796. The highest BCUT2D eigenvalue weighted by Gasteiger charge is 2.24. The van der Waals surface area contributed by atoms with Gasteiger partial charge in [0, 0.05) is 7.05 Å². The van der Waals surface area contributed by atoms with E-state index in [9.17, 15) is 18.0 Å². The molecule has 0 heterocycles. The van der Waals surface area contributed by atoms with E-state index in [1.165, 1.54) is 0 Å². The second-order valence-electron chi connectivity index (χ2n) is 3.67. The van der Waals surface area contributed by atoms with Crippen molar-refractivity contribution >= 4 is 33.5 Å². The maximum absolute atomic E-state index is 12.0. The van der Waals surface area contributed by atoms with Gasteiger partial charge in [-0.1, -0.05) is 11.6 Å². The molecule has 0 fully saturated rings. The van der Waals surface area contributed by atoms with E-state index in [2.05, 4.69) is 0 Å². The van der Waals surface area contributed by atoms with Gasteiger partial charge in [0.1, 0.15) is 0 Å². The Morgan fingerprint density at radius 2 is 2.00 bits per heavy atom. The molecule has 1 aromatic carbocycles. The fourth-order valence-corrected chi connectivity index (χ4v) is 2.68. The fourth-order valence-electron chi connectivity index (χ4n) is 1.31. The van der Waals surface area contributed by atoms with Crippen molar-refractivity contribution in [2.45, 2.75) is 4.90 Å². The van der Waals surface area contributed by atoms with E-state index in [1.807, 2.05) is 0 Å². The molecule has 0 saturated heterocycles. The van der Waals surface area contributed by atoms with E-state index in [1.54, 1.807) is 0 Å². The summed E-state index contributed by atoms with van der Waals surface area (Å²) in [6.07, 6.45) is 0. The topological polar surface area (TPSA) is 118 Å². The molecule has 0 aromatic heterocycles. The van der Waals surface area contributed by atoms with Crippen LogP contribution in [-0.4, -0.2) is 43.3 Å². The normalized spacial score (nSPS) is 11.5. The van der Waals surface area contributed by atoms with Crippen LogP contribution in [0.3, 0.4) is 0 Å². The lowest BCUT2D eigenvalue weighted by Crippen LogP contribution is -2.35. The molecule has 104 valence electrons. The van der Waals surface area contributed by atoms with Crippen molar-refractivity contribution in [2.24, 2.45) is 5.73 Å². The highest BCUT2D eigenvalue weighted by atomic mass is 35.5. The number of hydrogen-bond donors (Lipinski definition) is 2. The maximum Gasteiger partial charge on any atom is 0.337 e. The van der Waals surface area contributed by atoms with Crippen LogP contribution in [0.4, 0.5) is 0 Å². The van der Waals surface area contributed by atoms with Gasteiger partial charge < -0.3 is 10.8 Å². The van der Waals surface area contributed by atoms with Crippen LogP contribution in [0.5, 0.6) is 0 Å². The van der Waals surface area contributed by atoms with Gasteiger partial charge >= 0.3 is 5.97 Å². The first kappa shape index (κ1) is 15.4. The molecule has 0 atom stereocenters. The molecule has 1 amide bonds. The first-order valence-electron chi connectivity index (χ1n) is 4.93. The van der Waals surface area contributed by atoms with Crippen molar-refractivity contribution in [3.63, 3.8) is 0 Å². The lowest BCUT2D eigenvalue weighted by atomic mass is 10.2. The van der Waals surface area contributed by atoms with E-state index in [0.717, 1.165) is 29.6 Å². The molecule has 1 aromatic rings. The third-order valence-corrected chi connectivity index (χ3v) is 4.38. The van der Waals surface area contributed by atoms with Crippen LogP contribution in [0.25, 0.3) is 0 Å². The van der Waals surface area contributed by atoms with Gasteiger partial charge in [-0.05, 0) is 18.2 Å². The second-order valence-corrected chi connectivity index (χ2v) is 6.13. The van der Waals surface area contributed by atoms with Crippen LogP contribution in [0.2, 0.25) is 5.02 Å². The molecule has 0 unspecified atom stereocenters. The molecule has 0 radical (unpaired) electrons. The van der Waals surface area contributed by atoms with Gasteiger partial charge in [0.05, 0.1) is 22.0 Å². The maximum atomic E-state index is 12.0. The van der Waals surface area contributed by atoms with Gasteiger partial charge in [-0.3, -0.25) is 4.79 Å². The summed E-state index contributed by atoms with van der Waals surface area (Å²) < 4.78 is 24.8. The van der Waals surface area contributed by atoms with E-state index in [4.69, 9.17) is 22.4 Å². The Labute approximate surface area is 114 Å². The summed E-state index contributed by atoms with van der Waals surface area (Å²) >= 11 is 5.64. The zero-order valence-corrected chi connectivity index (χ0v) is 11.4. The highest BCUT2D eigenvalue weighted by molar-refractivity contribution is 7.89. The molecule has 0 aliphatic heterocycles. The Morgan fingerprint density at radius 1 is 1.42 bits per heavy atom. The van der Waals surface area contributed by atoms with Crippen molar-refractivity contribution in [3.05, 3.63) is 28.8 Å². The fraction of sp³-hybridized carbons (Fsp3) is 0.200. The molecule has 0 saturated carbocycles. The number of rotatable bonds is 5. The number of halogens is 1. The summed E-state index contributed by atoms with van der Waals surface area (Å²) in [4.78, 5) is 21.3. The number of carbonyl (C=O) groups is 2. The van der Waals surface area contributed by atoms with Crippen molar-refractivity contribution in [3.8, 4) is 0 Å².